The zero-order valence-corrected chi connectivity index (χ0v) is 14.8. The van der Waals surface area contributed by atoms with Crippen molar-refractivity contribution < 1.29 is 8.78 Å². The Labute approximate surface area is 146 Å². The lowest BCUT2D eigenvalue weighted by Crippen LogP contribution is -2.44. The fourth-order valence-corrected chi connectivity index (χ4v) is 2.39. The Morgan fingerprint density at radius 1 is 1.50 bits per heavy atom. The van der Waals surface area contributed by atoms with Crippen LogP contribution in [0.1, 0.15) is 6.42 Å². The average Bonchev–Trinajstić information content (AvgIpc) is 2.91. The number of anilines is 1. The summed E-state index contributed by atoms with van der Waals surface area (Å²) >= 11 is 0. The van der Waals surface area contributed by atoms with Crippen LogP contribution in [-0.4, -0.2) is 38.7 Å². The van der Waals surface area contributed by atoms with E-state index in [1.807, 2.05) is 4.90 Å². The molecule has 1 atom stereocenters. The maximum absolute atomic E-state index is 13.8. The van der Waals surface area contributed by atoms with E-state index in [0.29, 0.717) is 24.7 Å². The van der Waals surface area contributed by atoms with E-state index in [2.05, 4.69) is 22.2 Å². The number of halogens is 3. The number of benzene rings is 1. The van der Waals surface area contributed by atoms with Crippen LogP contribution in [0.2, 0.25) is 0 Å². The molecule has 0 bridgehead atoms. The minimum Gasteiger partial charge on any atom is -0.367 e. The summed E-state index contributed by atoms with van der Waals surface area (Å²) in [6.45, 7) is 5.64. The van der Waals surface area contributed by atoms with Gasteiger partial charge in [-0.3, -0.25) is 4.99 Å². The summed E-state index contributed by atoms with van der Waals surface area (Å²) in [6, 6.07) is 3.85. The Kier molecular flexibility index (Phi) is 7.57. The molecule has 1 aliphatic rings. The molecule has 22 heavy (non-hydrogen) atoms. The molecule has 0 radical (unpaired) electrons. The Morgan fingerprint density at radius 2 is 2.27 bits per heavy atom. The summed E-state index contributed by atoms with van der Waals surface area (Å²) < 4.78 is 26.7. The quantitative estimate of drug-likeness (QED) is 0.339. The maximum atomic E-state index is 13.8. The second-order valence-corrected chi connectivity index (χ2v) is 4.91. The number of hydrogen-bond acceptors (Lipinski definition) is 2. The lowest BCUT2D eigenvalue weighted by Gasteiger charge is -2.20. The molecule has 0 spiro atoms. The van der Waals surface area contributed by atoms with Crippen molar-refractivity contribution in [3.8, 4) is 0 Å². The minimum absolute atomic E-state index is 0. The van der Waals surface area contributed by atoms with Gasteiger partial charge in [-0.05, 0) is 18.6 Å². The Balaban J connectivity index is 0.00000242. The molecule has 7 heteroatoms. The molecule has 0 aliphatic carbocycles. The number of aliphatic imine (C=N–C) groups is 1. The Morgan fingerprint density at radius 3 is 2.91 bits per heavy atom. The van der Waals surface area contributed by atoms with Crippen LogP contribution >= 0.6 is 24.0 Å². The molecule has 1 saturated heterocycles. The summed E-state index contributed by atoms with van der Waals surface area (Å²) in [5, 5.41) is 6.38. The first kappa shape index (κ1) is 18.7. The van der Waals surface area contributed by atoms with Gasteiger partial charge >= 0.3 is 0 Å². The van der Waals surface area contributed by atoms with Crippen molar-refractivity contribution in [3.63, 3.8) is 0 Å². The molecule has 0 aromatic heterocycles. The first-order chi connectivity index (χ1) is 10.1. The van der Waals surface area contributed by atoms with Crippen molar-refractivity contribution in [1.29, 1.82) is 0 Å². The SMILES string of the molecule is C=CCNC(=NC)NC1CCN(c2ccc(F)cc2F)C1.I. The van der Waals surface area contributed by atoms with Crippen molar-refractivity contribution in [2.24, 2.45) is 4.99 Å². The average molecular weight is 422 g/mol. The van der Waals surface area contributed by atoms with E-state index in [1.165, 1.54) is 12.1 Å². The van der Waals surface area contributed by atoms with Crippen LogP contribution in [-0.2, 0) is 0 Å². The normalized spacial score (nSPS) is 17.9. The van der Waals surface area contributed by atoms with E-state index in [4.69, 9.17) is 0 Å². The second kappa shape index (κ2) is 8.92. The molecule has 0 saturated carbocycles. The minimum atomic E-state index is -0.556. The number of guanidine groups is 1. The first-order valence-electron chi connectivity index (χ1n) is 6.92. The van der Waals surface area contributed by atoms with Gasteiger partial charge in [0.15, 0.2) is 5.96 Å². The Bertz CT molecular complexity index is 536. The number of nitrogens with zero attached hydrogens (tertiary/aromatic N) is 2. The van der Waals surface area contributed by atoms with Gasteiger partial charge in [0.25, 0.3) is 0 Å². The maximum Gasteiger partial charge on any atom is 0.191 e. The molecular weight excluding hydrogens is 401 g/mol. The zero-order chi connectivity index (χ0) is 15.2. The van der Waals surface area contributed by atoms with Crippen LogP contribution in [0.25, 0.3) is 0 Å². The lowest BCUT2D eigenvalue weighted by atomic mass is 10.2. The van der Waals surface area contributed by atoms with Gasteiger partial charge in [0, 0.05) is 38.8 Å². The summed E-state index contributed by atoms with van der Waals surface area (Å²) in [6.07, 6.45) is 2.62. The molecule has 2 N–H and O–H groups in total. The fraction of sp³-hybridized carbons (Fsp3) is 0.400. The predicted octanol–water partition coefficient (Wildman–Crippen LogP) is 2.51. The van der Waals surface area contributed by atoms with Gasteiger partial charge in [-0.2, -0.15) is 0 Å². The summed E-state index contributed by atoms with van der Waals surface area (Å²) in [4.78, 5) is 6.03. The molecule has 1 heterocycles. The topological polar surface area (TPSA) is 39.7 Å². The van der Waals surface area contributed by atoms with Gasteiger partial charge in [0.2, 0.25) is 0 Å². The van der Waals surface area contributed by atoms with E-state index in [-0.39, 0.29) is 30.0 Å². The monoisotopic (exact) mass is 422 g/mol. The highest BCUT2D eigenvalue weighted by molar-refractivity contribution is 14.0. The summed E-state index contributed by atoms with van der Waals surface area (Å²) in [5.41, 5.74) is 0.440. The van der Waals surface area contributed by atoms with Crippen molar-refractivity contribution in [2.45, 2.75) is 12.5 Å². The van der Waals surface area contributed by atoms with Crippen molar-refractivity contribution in [2.75, 3.05) is 31.6 Å². The highest BCUT2D eigenvalue weighted by Gasteiger charge is 2.25. The van der Waals surface area contributed by atoms with Crippen molar-refractivity contribution in [1.82, 2.24) is 10.6 Å². The number of rotatable bonds is 4. The van der Waals surface area contributed by atoms with E-state index in [0.717, 1.165) is 19.0 Å². The van der Waals surface area contributed by atoms with E-state index in [9.17, 15) is 8.78 Å². The van der Waals surface area contributed by atoms with Crippen LogP contribution < -0.4 is 15.5 Å². The van der Waals surface area contributed by atoms with Crippen LogP contribution in [0.3, 0.4) is 0 Å². The van der Waals surface area contributed by atoms with E-state index < -0.39 is 11.6 Å². The summed E-state index contributed by atoms with van der Waals surface area (Å²) in [5.74, 6) is -0.384. The van der Waals surface area contributed by atoms with Crippen molar-refractivity contribution >= 4 is 35.6 Å². The standard InChI is InChI=1S/C15H20F2N4.HI/c1-3-7-19-15(18-2)20-12-6-8-21(10-12)14-5-4-11(16)9-13(14)17;/h3-5,9,12H,1,6-8,10H2,2H3,(H2,18,19,20);1H. The third-order valence-corrected chi connectivity index (χ3v) is 3.42. The molecule has 1 aromatic carbocycles. The molecule has 1 unspecified atom stereocenters. The van der Waals surface area contributed by atoms with Gasteiger partial charge in [-0.15, -0.1) is 30.6 Å². The highest BCUT2D eigenvalue weighted by Crippen LogP contribution is 2.24. The largest absolute Gasteiger partial charge is 0.367 e. The number of hydrogen-bond donors (Lipinski definition) is 2. The predicted molar refractivity (Wildman–Crippen MR) is 97.1 cm³/mol. The van der Waals surface area contributed by atoms with Gasteiger partial charge in [0.1, 0.15) is 11.6 Å². The van der Waals surface area contributed by atoms with Crippen LogP contribution in [0.5, 0.6) is 0 Å². The lowest BCUT2D eigenvalue weighted by molar-refractivity contribution is 0.580. The third kappa shape index (κ3) is 4.82. The van der Waals surface area contributed by atoms with Crippen LogP contribution in [0.15, 0.2) is 35.8 Å². The van der Waals surface area contributed by atoms with Crippen LogP contribution in [0, 0.1) is 11.6 Å². The Hall–Kier alpha value is -1.38. The molecule has 2 rings (SSSR count). The van der Waals surface area contributed by atoms with Crippen LogP contribution in [0.4, 0.5) is 14.5 Å². The smallest absolute Gasteiger partial charge is 0.191 e. The van der Waals surface area contributed by atoms with E-state index in [1.54, 1.807) is 13.1 Å². The fourth-order valence-electron chi connectivity index (χ4n) is 2.39. The molecule has 122 valence electrons. The van der Waals surface area contributed by atoms with E-state index >= 15 is 0 Å². The van der Waals surface area contributed by atoms with Gasteiger partial charge in [0.05, 0.1) is 5.69 Å². The third-order valence-electron chi connectivity index (χ3n) is 3.42. The van der Waals surface area contributed by atoms with Gasteiger partial charge in [-0.25, -0.2) is 8.78 Å². The molecule has 1 aromatic rings. The summed E-state index contributed by atoms with van der Waals surface area (Å²) in [7, 11) is 1.70. The molecule has 1 aliphatic heterocycles. The van der Waals surface area contributed by atoms with Gasteiger partial charge < -0.3 is 15.5 Å². The zero-order valence-electron chi connectivity index (χ0n) is 12.5. The molecular formula is C15H21F2IN4. The molecule has 4 nitrogen and oxygen atoms in total. The first-order valence-corrected chi connectivity index (χ1v) is 6.92. The second-order valence-electron chi connectivity index (χ2n) is 4.91. The number of nitrogens with one attached hydrogen (secondary N) is 2. The van der Waals surface area contributed by atoms with Crippen molar-refractivity contribution in [3.05, 3.63) is 42.5 Å². The molecule has 1 fully saturated rings. The highest BCUT2D eigenvalue weighted by atomic mass is 127. The molecule has 0 amide bonds. The van der Waals surface area contributed by atoms with Gasteiger partial charge in [-0.1, -0.05) is 6.08 Å².